The second-order valence-electron chi connectivity index (χ2n) is 5.95. The number of benzene rings is 1. The minimum atomic E-state index is -0.185. The van der Waals surface area contributed by atoms with Crippen molar-refractivity contribution < 1.29 is 9.53 Å². The lowest BCUT2D eigenvalue weighted by Gasteiger charge is -2.14. The van der Waals surface area contributed by atoms with Crippen LogP contribution in [0.15, 0.2) is 36.4 Å². The second kappa shape index (κ2) is 9.06. The first-order chi connectivity index (χ1) is 11.6. The van der Waals surface area contributed by atoms with Gasteiger partial charge in [0.05, 0.1) is 12.3 Å². The summed E-state index contributed by atoms with van der Waals surface area (Å²) in [5, 5.41) is 2.91. The van der Waals surface area contributed by atoms with Crippen LogP contribution in [-0.2, 0) is 0 Å². The Morgan fingerprint density at radius 1 is 1.12 bits per heavy atom. The van der Waals surface area contributed by atoms with Crippen LogP contribution in [0.25, 0.3) is 0 Å². The van der Waals surface area contributed by atoms with Crippen LogP contribution in [0.1, 0.15) is 54.4 Å². The third-order valence-corrected chi connectivity index (χ3v) is 3.81. The molecule has 0 bridgehead atoms. The minimum absolute atomic E-state index is 0.185. The summed E-state index contributed by atoms with van der Waals surface area (Å²) in [6.07, 6.45) is 4.54. The molecule has 1 aromatic heterocycles. The molecule has 0 unspecified atom stereocenters. The molecule has 0 fully saturated rings. The molecule has 4 nitrogen and oxygen atoms in total. The fourth-order valence-electron chi connectivity index (χ4n) is 2.61. The molecule has 24 heavy (non-hydrogen) atoms. The molecule has 0 aliphatic carbocycles. The number of nitrogens with zero attached hydrogens (tertiary/aromatic N) is 1. The van der Waals surface area contributed by atoms with Gasteiger partial charge in [0.15, 0.2) is 0 Å². The maximum atomic E-state index is 12.7. The molecule has 1 aromatic carbocycles. The van der Waals surface area contributed by atoms with Gasteiger partial charge in [-0.25, -0.2) is 0 Å². The van der Waals surface area contributed by atoms with E-state index in [0.29, 0.717) is 23.6 Å². The van der Waals surface area contributed by atoms with Gasteiger partial charge in [0.1, 0.15) is 11.3 Å². The van der Waals surface area contributed by atoms with Gasteiger partial charge in [-0.2, -0.15) is 0 Å². The molecule has 0 saturated heterocycles. The van der Waals surface area contributed by atoms with Crippen LogP contribution in [0.4, 0.5) is 5.69 Å². The first kappa shape index (κ1) is 18.0. The van der Waals surface area contributed by atoms with Crippen molar-refractivity contribution in [1.29, 1.82) is 0 Å². The third kappa shape index (κ3) is 5.08. The maximum absolute atomic E-state index is 12.7. The topological polar surface area (TPSA) is 51.2 Å². The smallest absolute Gasteiger partial charge is 0.261 e. The molecule has 2 aromatic rings. The number of aryl methyl sites for hydroxylation is 2. The first-order valence-electron chi connectivity index (χ1n) is 8.59. The van der Waals surface area contributed by atoms with Crippen molar-refractivity contribution in [3.05, 3.63) is 53.3 Å². The molecule has 128 valence electrons. The number of nitrogens with one attached hydrogen (secondary N) is 1. The monoisotopic (exact) mass is 326 g/mol. The zero-order valence-corrected chi connectivity index (χ0v) is 14.8. The van der Waals surface area contributed by atoms with Gasteiger partial charge < -0.3 is 10.1 Å². The Balaban J connectivity index is 2.13. The summed E-state index contributed by atoms with van der Waals surface area (Å²) in [5.74, 6) is 0.430. The van der Waals surface area contributed by atoms with Crippen LogP contribution in [0.3, 0.4) is 0 Å². The Morgan fingerprint density at radius 2 is 1.88 bits per heavy atom. The molecule has 4 heteroatoms. The summed E-state index contributed by atoms with van der Waals surface area (Å²) in [7, 11) is 0. The fourth-order valence-corrected chi connectivity index (χ4v) is 2.61. The van der Waals surface area contributed by atoms with Gasteiger partial charge in [-0.1, -0.05) is 44.4 Å². The predicted molar refractivity (Wildman–Crippen MR) is 97.7 cm³/mol. The van der Waals surface area contributed by atoms with Crippen molar-refractivity contribution >= 4 is 11.6 Å². The summed E-state index contributed by atoms with van der Waals surface area (Å²) < 4.78 is 5.90. The number of aromatic nitrogens is 1. The second-order valence-corrected chi connectivity index (χ2v) is 5.95. The van der Waals surface area contributed by atoms with Crippen LogP contribution in [0, 0.1) is 13.8 Å². The molecule has 0 aliphatic rings. The van der Waals surface area contributed by atoms with Crippen molar-refractivity contribution in [3.8, 4) is 5.75 Å². The summed E-state index contributed by atoms with van der Waals surface area (Å²) in [6, 6.07) is 11.3. The number of ether oxygens (including phenoxy) is 1. The molecule has 0 atom stereocenters. The summed E-state index contributed by atoms with van der Waals surface area (Å²) in [6.45, 7) is 6.56. The minimum Gasteiger partial charge on any atom is -0.493 e. The Morgan fingerprint density at radius 3 is 2.58 bits per heavy atom. The highest BCUT2D eigenvalue weighted by Gasteiger charge is 2.18. The highest BCUT2D eigenvalue weighted by atomic mass is 16.5. The fraction of sp³-hybridized carbons (Fsp3) is 0.400. The molecule has 1 amide bonds. The van der Waals surface area contributed by atoms with E-state index < -0.39 is 0 Å². The molecule has 0 saturated carbocycles. The Bertz CT molecular complexity index is 669. The van der Waals surface area contributed by atoms with Gasteiger partial charge in [0, 0.05) is 17.4 Å². The van der Waals surface area contributed by atoms with E-state index in [2.05, 4.69) is 17.2 Å². The largest absolute Gasteiger partial charge is 0.493 e. The van der Waals surface area contributed by atoms with Gasteiger partial charge in [-0.3, -0.25) is 9.78 Å². The van der Waals surface area contributed by atoms with Gasteiger partial charge >= 0.3 is 0 Å². The van der Waals surface area contributed by atoms with Crippen LogP contribution >= 0.6 is 0 Å². The van der Waals surface area contributed by atoms with E-state index >= 15 is 0 Å². The van der Waals surface area contributed by atoms with Crippen LogP contribution in [-0.4, -0.2) is 17.5 Å². The van der Waals surface area contributed by atoms with Gasteiger partial charge in [-0.15, -0.1) is 0 Å². The number of para-hydroxylation sites is 1. The van der Waals surface area contributed by atoms with Gasteiger partial charge in [-0.05, 0) is 32.4 Å². The third-order valence-electron chi connectivity index (χ3n) is 3.81. The number of anilines is 1. The van der Waals surface area contributed by atoms with E-state index in [1.807, 2.05) is 50.2 Å². The van der Waals surface area contributed by atoms with Crippen LogP contribution in [0.5, 0.6) is 5.75 Å². The standard InChI is InChI=1S/C20H26N2O2/c1-4-5-6-10-13-24-18-14-15(2)21-16(3)19(18)20(23)22-17-11-8-7-9-12-17/h7-9,11-12,14H,4-6,10,13H2,1-3H3,(H,22,23). The van der Waals surface area contributed by atoms with Crippen molar-refractivity contribution in [3.63, 3.8) is 0 Å². The predicted octanol–water partition coefficient (Wildman–Crippen LogP) is 4.91. The number of unbranched alkanes of at least 4 members (excludes halogenated alkanes) is 3. The van der Waals surface area contributed by atoms with E-state index in [0.717, 1.165) is 24.2 Å². The lowest BCUT2D eigenvalue weighted by Crippen LogP contribution is -2.16. The van der Waals surface area contributed by atoms with Crippen molar-refractivity contribution in [2.75, 3.05) is 11.9 Å². The van der Waals surface area contributed by atoms with Crippen molar-refractivity contribution in [2.24, 2.45) is 0 Å². The average Bonchev–Trinajstić information content (AvgIpc) is 2.55. The number of hydrogen-bond donors (Lipinski definition) is 1. The van der Waals surface area contributed by atoms with Crippen molar-refractivity contribution in [1.82, 2.24) is 4.98 Å². The number of carbonyl (C=O) groups is 1. The number of pyridine rings is 1. The molecule has 1 N–H and O–H groups in total. The van der Waals surface area contributed by atoms with E-state index in [4.69, 9.17) is 4.74 Å². The molecule has 0 aliphatic heterocycles. The summed E-state index contributed by atoms with van der Waals surface area (Å²) >= 11 is 0. The summed E-state index contributed by atoms with van der Waals surface area (Å²) in [5.41, 5.74) is 2.82. The zero-order chi connectivity index (χ0) is 17.4. The molecule has 0 radical (unpaired) electrons. The Labute approximate surface area is 144 Å². The zero-order valence-electron chi connectivity index (χ0n) is 14.8. The SMILES string of the molecule is CCCCCCOc1cc(C)nc(C)c1C(=O)Nc1ccccc1. The quantitative estimate of drug-likeness (QED) is 0.701. The first-order valence-corrected chi connectivity index (χ1v) is 8.59. The number of hydrogen-bond acceptors (Lipinski definition) is 3. The number of amides is 1. The van der Waals surface area contributed by atoms with E-state index in [1.165, 1.54) is 12.8 Å². The lowest BCUT2D eigenvalue weighted by atomic mass is 10.1. The molecule has 1 heterocycles. The highest BCUT2D eigenvalue weighted by molar-refractivity contribution is 6.07. The average molecular weight is 326 g/mol. The van der Waals surface area contributed by atoms with Gasteiger partial charge in [0.25, 0.3) is 5.91 Å². The van der Waals surface area contributed by atoms with Crippen LogP contribution < -0.4 is 10.1 Å². The molecule has 2 rings (SSSR count). The van der Waals surface area contributed by atoms with Crippen LogP contribution in [0.2, 0.25) is 0 Å². The Hall–Kier alpha value is -2.36. The van der Waals surface area contributed by atoms with E-state index in [9.17, 15) is 4.79 Å². The van der Waals surface area contributed by atoms with E-state index in [-0.39, 0.29) is 5.91 Å². The maximum Gasteiger partial charge on any atom is 0.261 e. The summed E-state index contributed by atoms with van der Waals surface area (Å²) in [4.78, 5) is 17.1. The molecule has 0 spiro atoms. The van der Waals surface area contributed by atoms with Crippen molar-refractivity contribution in [2.45, 2.75) is 46.5 Å². The molecular weight excluding hydrogens is 300 g/mol. The number of carbonyl (C=O) groups excluding carboxylic acids is 1. The normalized spacial score (nSPS) is 10.5. The lowest BCUT2D eigenvalue weighted by molar-refractivity contribution is 0.102. The Kier molecular flexibility index (Phi) is 6.79. The van der Waals surface area contributed by atoms with E-state index in [1.54, 1.807) is 0 Å². The molecular formula is C20H26N2O2. The number of rotatable bonds is 8. The van der Waals surface area contributed by atoms with Gasteiger partial charge in [0.2, 0.25) is 0 Å². The highest BCUT2D eigenvalue weighted by Crippen LogP contribution is 2.24.